The summed E-state index contributed by atoms with van der Waals surface area (Å²) >= 11 is 0. The molecule has 8 heteroatoms. The van der Waals surface area contributed by atoms with E-state index in [2.05, 4.69) is 9.97 Å². The summed E-state index contributed by atoms with van der Waals surface area (Å²) in [6, 6.07) is 0. The summed E-state index contributed by atoms with van der Waals surface area (Å²) < 4.78 is 6.60. The van der Waals surface area contributed by atoms with E-state index in [1.807, 2.05) is 0 Å². The van der Waals surface area contributed by atoms with Crippen LogP contribution in [0.4, 0.5) is 5.95 Å². The minimum absolute atomic E-state index is 0.0965. The Morgan fingerprint density at radius 2 is 2.35 bits per heavy atom. The molecule has 1 aliphatic heterocycles. The van der Waals surface area contributed by atoms with E-state index in [1.165, 1.54) is 10.9 Å². The van der Waals surface area contributed by atoms with Gasteiger partial charge in [-0.3, -0.25) is 4.57 Å². The minimum Gasteiger partial charge on any atom is -0.394 e. The van der Waals surface area contributed by atoms with E-state index in [1.54, 1.807) is 0 Å². The Morgan fingerprint density at radius 1 is 1.59 bits per heavy atom. The molecule has 0 radical (unpaired) electrons. The number of aromatic nitrogens is 3. The second-order valence-corrected chi connectivity index (χ2v) is 3.86. The number of hydrogen-bond acceptors (Lipinski definition) is 7. The highest BCUT2D eigenvalue weighted by Gasteiger charge is 2.30. The Morgan fingerprint density at radius 3 is 3.00 bits per heavy atom. The summed E-state index contributed by atoms with van der Waals surface area (Å²) in [5.41, 5.74) is 4.72. The number of aliphatic hydroxyl groups is 2. The molecule has 2 unspecified atom stereocenters. The molecule has 8 nitrogen and oxygen atoms in total. The molecule has 2 rings (SSSR count). The lowest BCUT2D eigenvalue weighted by molar-refractivity contribution is -0.161. The van der Waals surface area contributed by atoms with E-state index >= 15 is 0 Å². The number of hydrogen-bond donors (Lipinski definition) is 3. The van der Waals surface area contributed by atoms with Crippen molar-refractivity contribution in [2.45, 2.75) is 31.3 Å². The monoisotopic (exact) mass is 242 g/mol. The molecule has 1 aromatic rings. The Bertz CT molecular complexity index is 449. The first-order valence-corrected chi connectivity index (χ1v) is 5.27. The van der Waals surface area contributed by atoms with Crippen LogP contribution in [-0.4, -0.2) is 43.6 Å². The highest BCUT2D eigenvalue weighted by molar-refractivity contribution is 5.09. The number of nitrogens with two attached hydrogens (primary N) is 1. The lowest BCUT2D eigenvalue weighted by Gasteiger charge is -2.33. The molecule has 94 valence electrons. The molecule has 0 spiro atoms. The molecular weight excluding hydrogens is 228 g/mol. The van der Waals surface area contributed by atoms with Gasteiger partial charge in [-0.15, -0.1) is 0 Å². The summed E-state index contributed by atoms with van der Waals surface area (Å²) in [6.07, 6.45) is 0.141. The molecule has 1 aromatic heterocycles. The molecule has 1 aliphatic rings. The first kappa shape index (κ1) is 12.0. The van der Waals surface area contributed by atoms with Gasteiger partial charge in [0.2, 0.25) is 5.95 Å². The number of nitrogens with zero attached hydrogens (tertiary/aromatic N) is 3. The van der Waals surface area contributed by atoms with Crippen molar-refractivity contribution in [3.05, 3.63) is 16.8 Å². The van der Waals surface area contributed by atoms with Crippen molar-refractivity contribution in [3.63, 3.8) is 0 Å². The van der Waals surface area contributed by atoms with Gasteiger partial charge in [0, 0.05) is 0 Å². The number of nitrogen functional groups attached to an aromatic ring is 1. The fraction of sp³-hybridized carbons (Fsp3) is 0.667. The van der Waals surface area contributed by atoms with Crippen LogP contribution in [-0.2, 0) is 4.74 Å². The van der Waals surface area contributed by atoms with Crippen molar-refractivity contribution in [1.82, 2.24) is 14.5 Å². The Labute approximate surface area is 96.7 Å². The Kier molecular flexibility index (Phi) is 3.36. The van der Waals surface area contributed by atoms with Gasteiger partial charge < -0.3 is 20.7 Å². The molecule has 17 heavy (non-hydrogen) atoms. The van der Waals surface area contributed by atoms with Crippen molar-refractivity contribution in [2.24, 2.45) is 0 Å². The standard InChI is InChI=1S/C9H14N4O4/c10-8-11-4-13(9(16)12-8)7-2-1-5(15)6(3-14)17-7/h4-7,14-15H,1-3H2,(H2,10,12,16)/t5?,6-,7?/m1/s1. The number of anilines is 1. The zero-order chi connectivity index (χ0) is 12.4. The Hall–Kier alpha value is -1.51. The largest absolute Gasteiger partial charge is 0.394 e. The molecule has 0 bridgehead atoms. The fourth-order valence-corrected chi connectivity index (χ4v) is 1.78. The number of ether oxygens (including phenoxy) is 1. The summed E-state index contributed by atoms with van der Waals surface area (Å²) in [4.78, 5) is 18.7. The molecule has 3 atom stereocenters. The van der Waals surface area contributed by atoms with Gasteiger partial charge in [-0.25, -0.2) is 9.78 Å². The maximum absolute atomic E-state index is 11.5. The lowest BCUT2D eigenvalue weighted by Crippen LogP contribution is -2.42. The summed E-state index contributed by atoms with van der Waals surface area (Å²) in [5, 5.41) is 18.5. The molecule has 1 fully saturated rings. The van der Waals surface area contributed by atoms with Crippen LogP contribution >= 0.6 is 0 Å². The van der Waals surface area contributed by atoms with Gasteiger partial charge in [0.1, 0.15) is 18.7 Å². The van der Waals surface area contributed by atoms with Gasteiger partial charge in [0.05, 0.1) is 12.7 Å². The number of rotatable bonds is 2. The SMILES string of the molecule is Nc1ncn(C2CCC(O)[C@@H](CO)O2)c(=O)n1. The molecular formula is C9H14N4O4. The van der Waals surface area contributed by atoms with Gasteiger partial charge in [-0.2, -0.15) is 4.98 Å². The first-order valence-electron chi connectivity index (χ1n) is 5.27. The second kappa shape index (κ2) is 4.78. The van der Waals surface area contributed by atoms with Crippen LogP contribution in [0, 0.1) is 0 Å². The Balaban J connectivity index is 2.20. The molecule has 2 heterocycles. The summed E-state index contributed by atoms with van der Waals surface area (Å²) in [7, 11) is 0. The third-order valence-electron chi connectivity index (χ3n) is 2.71. The normalized spacial score (nSPS) is 29.2. The maximum atomic E-state index is 11.5. The molecule has 0 aliphatic carbocycles. The van der Waals surface area contributed by atoms with E-state index in [0.29, 0.717) is 12.8 Å². The van der Waals surface area contributed by atoms with Crippen LogP contribution in [0.2, 0.25) is 0 Å². The van der Waals surface area contributed by atoms with E-state index < -0.39 is 24.1 Å². The third kappa shape index (κ3) is 2.43. The van der Waals surface area contributed by atoms with E-state index in [0.717, 1.165) is 0 Å². The van der Waals surface area contributed by atoms with Gasteiger partial charge in [-0.05, 0) is 12.8 Å². The summed E-state index contributed by atoms with van der Waals surface area (Å²) in [6.45, 7) is -0.303. The van der Waals surface area contributed by atoms with E-state index in [4.69, 9.17) is 15.6 Å². The first-order chi connectivity index (χ1) is 8.11. The van der Waals surface area contributed by atoms with Crippen LogP contribution in [0.5, 0.6) is 0 Å². The third-order valence-corrected chi connectivity index (χ3v) is 2.71. The van der Waals surface area contributed by atoms with Crippen LogP contribution in [0.15, 0.2) is 11.1 Å². The van der Waals surface area contributed by atoms with Crippen molar-refractivity contribution >= 4 is 5.95 Å². The van der Waals surface area contributed by atoms with E-state index in [-0.39, 0.29) is 12.6 Å². The maximum Gasteiger partial charge on any atom is 0.354 e. The zero-order valence-electron chi connectivity index (χ0n) is 9.06. The zero-order valence-corrected chi connectivity index (χ0v) is 9.06. The van der Waals surface area contributed by atoms with Crippen molar-refractivity contribution < 1.29 is 14.9 Å². The predicted octanol–water partition coefficient (Wildman–Crippen LogP) is -1.75. The lowest BCUT2D eigenvalue weighted by atomic mass is 10.0. The number of aliphatic hydroxyl groups excluding tert-OH is 2. The topological polar surface area (TPSA) is 123 Å². The highest BCUT2D eigenvalue weighted by Crippen LogP contribution is 2.25. The fourth-order valence-electron chi connectivity index (χ4n) is 1.78. The van der Waals surface area contributed by atoms with Gasteiger partial charge in [0.25, 0.3) is 0 Å². The van der Waals surface area contributed by atoms with Crippen LogP contribution < -0.4 is 11.4 Å². The van der Waals surface area contributed by atoms with Crippen molar-refractivity contribution in [2.75, 3.05) is 12.3 Å². The molecule has 1 saturated heterocycles. The average Bonchev–Trinajstić information content (AvgIpc) is 2.30. The second-order valence-electron chi connectivity index (χ2n) is 3.86. The minimum atomic E-state index is -0.721. The van der Waals surface area contributed by atoms with Crippen molar-refractivity contribution in [1.29, 1.82) is 0 Å². The van der Waals surface area contributed by atoms with Crippen LogP contribution in [0.3, 0.4) is 0 Å². The van der Waals surface area contributed by atoms with Gasteiger partial charge in [0.15, 0.2) is 0 Å². The average molecular weight is 242 g/mol. The molecule has 4 N–H and O–H groups in total. The molecule has 0 saturated carbocycles. The smallest absolute Gasteiger partial charge is 0.354 e. The molecule has 0 amide bonds. The highest BCUT2D eigenvalue weighted by atomic mass is 16.5. The molecule has 0 aromatic carbocycles. The van der Waals surface area contributed by atoms with Crippen LogP contribution in [0.25, 0.3) is 0 Å². The van der Waals surface area contributed by atoms with Gasteiger partial charge >= 0.3 is 5.69 Å². The van der Waals surface area contributed by atoms with Crippen molar-refractivity contribution in [3.8, 4) is 0 Å². The van der Waals surface area contributed by atoms with Crippen LogP contribution in [0.1, 0.15) is 19.1 Å². The summed E-state index contributed by atoms with van der Waals surface area (Å²) in [5.74, 6) is -0.0965. The van der Waals surface area contributed by atoms with E-state index in [9.17, 15) is 9.90 Å². The van der Waals surface area contributed by atoms with Gasteiger partial charge in [-0.1, -0.05) is 0 Å². The predicted molar refractivity (Wildman–Crippen MR) is 56.9 cm³/mol. The quantitative estimate of drug-likeness (QED) is 0.561.